The molecule has 0 bridgehead atoms. The van der Waals surface area contributed by atoms with Crippen LogP contribution in [-0.2, 0) is 0 Å². The lowest BCUT2D eigenvalue weighted by Crippen LogP contribution is -2.47. The molecule has 190 valence electrons. The number of ether oxygens (including phenoxy) is 2. The molecule has 1 aliphatic rings. The van der Waals surface area contributed by atoms with Crippen LogP contribution in [0.25, 0.3) is 5.57 Å². The summed E-state index contributed by atoms with van der Waals surface area (Å²) < 4.78 is 11.3. The second kappa shape index (κ2) is 12.5. The van der Waals surface area contributed by atoms with E-state index in [-0.39, 0.29) is 12.6 Å². The number of benzene rings is 2. The number of nitrogens with one attached hydrogen (secondary N) is 1. The fourth-order valence-electron chi connectivity index (χ4n) is 4.44. The van der Waals surface area contributed by atoms with Gasteiger partial charge >= 0.3 is 0 Å². The molecule has 0 aromatic heterocycles. The van der Waals surface area contributed by atoms with E-state index >= 15 is 0 Å². The van der Waals surface area contributed by atoms with Crippen molar-refractivity contribution in [3.63, 3.8) is 0 Å². The molecular formula is C27H39N5O3. The quantitative estimate of drug-likeness (QED) is 0.448. The first-order valence-corrected chi connectivity index (χ1v) is 12.0. The van der Waals surface area contributed by atoms with E-state index in [1.54, 1.807) is 27.5 Å². The minimum Gasteiger partial charge on any atom is -0.493 e. The highest BCUT2D eigenvalue weighted by atomic mass is 16.5. The Bertz CT molecular complexity index is 1050. The Labute approximate surface area is 209 Å². The van der Waals surface area contributed by atoms with Crippen molar-refractivity contribution in [2.24, 2.45) is 10.7 Å². The number of hydrogen-bond donors (Lipinski definition) is 3. The highest BCUT2D eigenvalue weighted by Gasteiger charge is 2.20. The summed E-state index contributed by atoms with van der Waals surface area (Å²) in [6.45, 7) is 9.01. The predicted octanol–water partition coefficient (Wildman–Crippen LogP) is 3.30. The summed E-state index contributed by atoms with van der Waals surface area (Å²) >= 11 is 0. The molecule has 4 N–H and O–H groups in total. The molecule has 0 amide bonds. The van der Waals surface area contributed by atoms with Gasteiger partial charge in [-0.05, 0) is 49.2 Å². The van der Waals surface area contributed by atoms with Crippen LogP contribution in [0, 0.1) is 6.92 Å². The van der Waals surface area contributed by atoms with Crippen LogP contribution >= 0.6 is 0 Å². The van der Waals surface area contributed by atoms with Gasteiger partial charge < -0.3 is 30.5 Å². The van der Waals surface area contributed by atoms with Crippen molar-refractivity contribution in [2.75, 3.05) is 70.8 Å². The van der Waals surface area contributed by atoms with Gasteiger partial charge in [-0.3, -0.25) is 9.89 Å². The molecule has 1 saturated heterocycles. The van der Waals surface area contributed by atoms with Crippen LogP contribution in [0.15, 0.2) is 41.5 Å². The minimum atomic E-state index is 0.00139. The molecule has 0 aliphatic carbocycles. The summed E-state index contributed by atoms with van der Waals surface area (Å²) in [5, 5.41) is 12.9. The fraction of sp³-hybridized carbons (Fsp3) is 0.444. The number of aliphatic hydroxyl groups is 1. The molecule has 35 heavy (non-hydrogen) atoms. The largest absolute Gasteiger partial charge is 0.493 e. The summed E-state index contributed by atoms with van der Waals surface area (Å²) in [7, 11) is 4.97. The third-order valence-electron chi connectivity index (χ3n) is 6.51. The number of rotatable bonds is 10. The maximum Gasteiger partial charge on any atom is 0.168 e. The van der Waals surface area contributed by atoms with E-state index in [2.05, 4.69) is 58.2 Å². The smallest absolute Gasteiger partial charge is 0.168 e. The number of aliphatic hydroxyl groups excluding tert-OH is 1. The number of hydrogen-bond acceptors (Lipinski definition) is 8. The number of aryl methyl sites for hydroxylation is 1. The second-order valence-electron chi connectivity index (χ2n) is 8.73. The summed E-state index contributed by atoms with van der Waals surface area (Å²) in [6.07, 6.45) is 3.24. The fourth-order valence-corrected chi connectivity index (χ4v) is 4.44. The number of nitrogens with zero attached hydrogens (tertiary/aromatic N) is 3. The van der Waals surface area contributed by atoms with E-state index in [0.717, 1.165) is 55.1 Å². The van der Waals surface area contributed by atoms with Crippen molar-refractivity contribution in [3.05, 3.63) is 53.2 Å². The Kier molecular flexibility index (Phi) is 9.39. The van der Waals surface area contributed by atoms with Crippen LogP contribution < -0.4 is 25.4 Å². The lowest BCUT2D eigenvalue weighted by Gasteiger charge is -2.36. The maximum absolute atomic E-state index is 9.20. The van der Waals surface area contributed by atoms with Crippen LogP contribution in [-0.4, -0.2) is 76.8 Å². The van der Waals surface area contributed by atoms with Gasteiger partial charge in [-0.15, -0.1) is 0 Å². The van der Waals surface area contributed by atoms with Gasteiger partial charge in [-0.2, -0.15) is 0 Å². The van der Waals surface area contributed by atoms with Crippen molar-refractivity contribution in [3.8, 4) is 11.5 Å². The summed E-state index contributed by atoms with van der Waals surface area (Å²) in [5.41, 5.74) is 12.0. The van der Waals surface area contributed by atoms with E-state index in [1.807, 2.05) is 6.07 Å². The van der Waals surface area contributed by atoms with Crippen molar-refractivity contribution < 1.29 is 14.6 Å². The van der Waals surface area contributed by atoms with Crippen molar-refractivity contribution >= 4 is 23.2 Å². The molecule has 1 fully saturated rings. The van der Waals surface area contributed by atoms with Crippen LogP contribution in [0.1, 0.15) is 29.7 Å². The normalized spacial score (nSPS) is 15.9. The van der Waals surface area contributed by atoms with E-state index in [1.165, 1.54) is 17.5 Å². The number of anilines is 2. The van der Waals surface area contributed by atoms with Gasteiger partial charge in [0.1, 0.15) is 0 Å². The van der Waals surface area contributed by atoms with Gasteiger partial charge in [0.25, 0.3) is 0 Å². The summed E-state index contributed by atoms with van der Waals surface area (Å²) in [6, 6.07) is 10.6. The first-order valence-electron chi connectivity index (χ1n) is 12.0. The van der Waals surface area contributed by atoms with Crippen molar-refractivity contribution in [1.29, 1.82) is 0 Å². The molecule has 2 aromatic rings. The van der Waals surface area contributed by atoms with Crippen LogP contribution in [0.2, 0.25) is 0 Å². The minimum absolute atomic E-state index is 0.00139. The molecule has 3 rings (SSSR count). The zero-order valence-corrected chi connectivity index (χ0v) is 21.5. The zero-order chi connectivity index (χ0) is 25.4. The Hall–Kier alpha value is -3.23. The Morgan fingerprint density at radius 1 is 1.17 bits per heavy atom. The maximum atomic E-state index is 9.20. The number of nitrogens with two attached hydrogens (primary N) is 1. The van der Waals surface area contributed by atoms with Gasteiger partial charge in [0.15, 0.2) is 11.5 Å². The molecule has 0 saturated carbocycles. The predicted molar refractivity (Wildman–Crippen MR) is 145 cm³/mol. The molecule has 2 aromatic carbocycles. The van der Waals surface area contributed by atoms with E-state index in [9.17, 15) is 5.11 Å². The third kappa shape index (κ3) is 6.26. The zero-order valence-electron chi connectivity index (χ0n) is 21.5. The van der Waals surface area contributed by atoms with Gasteiger partial charge in [0, 0.05) is 80.7 Å². The van der Waals surface area contributed by atoms with Gasteiger partial charge in [-0.25, -0.2) is 0 Å². The van der Waals surface area contributed by atoms with E-state index in [0.29, 0.717) is 11.5 Å². The van der Waals surface area contributed by atoms with Crippen LogP contribution in [0.3, 0.4) is 0 Å². The molecule has 0 radical (unpaired) electrons. The molecule has 0 spiro atoms. The van der Waals surface area contributed by atoms with Crippen molar-refractivity contribution in [2.45, 2.75) is 19.9 Å². The van der Waals surface area contributed by atoms with Gasteiger partial charge in [0.05, 0.1) is 20.8 Å². The van der Waals surface area contributed by atoms with Gasteiger partial charge in [-0.1, -0.05) is 6.07 Å². The van der Waals surface area contributed by atoms with E-state index in [4.69, 9.17) is 15.2 Å². The average Bonchev–Trinajstić information content (AvgIpc) is 2.88. The topological polar surface area (TPSA) is 95.6 Å². The molecule has 8 nitrogen and oxygen atoms in total. The second-order valence-corrected chi connectivity index (χ2v) is 8.73. The Morgan fingerprint density at radius 2 is 1.91 bits per heavy atom. The Morgan fingerprint density at radius 3 is 2.51 bits per heavy atom. The third-order valence-corrected chi connectivity index (χ3v) is 6.51. The number of aliphatic imine (C=N–C) groups is 1. The van der Waals surface area contributed by atoms with Gasteiger partial charge in [0.2, 0.25) is 0 Å². The number of methoxy groups -OCH3 is 2. The SMILES string of the molecule is CN=C/C(=C\N)c1cc(C(C)Nc2cc(N3CCN(CCO)CC3)ccc2C)cc(OC)c1OC. The highest BCUT2D eigenvalue weighted by molar-refractivity contribution is 6.11. The van der Waals surface area contributed by atoms with Crippen LogP contribution in [0.5, 0.6) is 11.5 Å². The number of piperazine rings is 1. The monoisotopic (exact) mass is 481 g/mol. The first-order chi connectivity index (χ1) is 16.9. The number of allylic oxidation sites excluding steroid dienone is 1. The highest BCUT2D eigenvalue weighted by Crippen LogP contribution is 2.38. The van der Waals surface area contributed by atoms with E-state index < -0.39 is 0 Å². The summed E-state index contributed by atoms with van der Waals surface area (Å²) in [4.78, 5) is 8.83. The molecule has 1 heterocycles. The average molecular weight is 482 g/mol. The molecular weight excluding hydrogens is 442 g/mol. The molecule has 1 unspecified atom stereocenters. The lowest BCUT2D eigenvalue weighted by atomic mass is 9.98. The molecule has 1 aliphatic heterocycles. The standard InChI is InChI=1S/C27H39N5O3/c1-19-6-7-23(32-10-8-31(9-11-32)12-13-33)16-25(19)30-20(2)21-14-24(22(17-28)18-29-3)27(35-5)26(15-21)34-4/h6-7,14-18,20,30,33H,8-13,28H2,1-5H3/b22-17+,29-18?. The lowest BCUT2D eigenvalue weighted by molar-refractivity contribution is 0.189. The Balaban J connectivity index is 1.87. The first kappa shape index (κ1) is 26.4. The van der Waals surface area contributed by atoms with Crippen LogP contribution in [0.4, 0.5) is 11.4 Å². The number of β-amino-alcohol motifs (C(OH)–C–C–N with tert-alkyl or cyclic N) is 1. The molecule has 8 heteroatoms. The molecule has 1 atom stereocenters. The summed E-state index contributed by atoms with van der Waals surface area (Å²) in [5.74, 6) is 1.27. The van der Waals surface area contributed by atoms with Crippen molar-refractivity contribution in [1.82, 2.24) is 4.90 Å².